The van der Waals surface area contributed by atoms with E-state index in [0.29, 0.717) is 6.10 Å². The van der Waals surface area contributed by atoms with Gasteiger partial charge in [-0.25, -0.2) is 0 Å². The Morgan fingerprint density at radius 1 is 1.09 bits per heavy atom. The van der Waals surface area contributed by atoms with E-state index in [1.54, 1.807) is 0 Å². The van der Waals surface area contributed by atoms with Gasteiger partial charge in [-0.1, -0.05) is 6.07 Å². The number of H-pyrrole nitrogens is 1. The van der Waals surface area contributed by atoms with E-state index in [9.17, 15) is 0 Å². The second-order valence-electron chi connectivity index (χ2n) is 6.87. The summed E-state index contributed by atoms with van der Waals surface area (Å²) in [6, 6.07) is 8.35. The molecule has 1 aromatic carbocycles. The first-order valence-corrected chi connectivity index (χ1v) is 8.91. The number of fused-ring (bicyclic) bond motifs is 1. The molecular weight excluding hydrogens is 288 g/mol. The van der Waals surface area contributed by atoms with Crippen LogP contribution in [0.2, 0.25) is 0 Å². The topological polar surface area (TPSA) is 37.5 Å². The second-order valence-corrected chi connectivity index (χ2v) is 6.87. The summed E-state index contributed by atoms with van der Waals surface area (Å²) in [5.41, 5.74) is 1.15. The summed E-state index contributed by atoms with van der Waals surface area (Å²) in [6.07, 6.45) is 7.04. The largest absolute Gasteiger partial charge is 0.490 e. The third-order valence-corrected chi connectivity index (χ3v) is 5.24. The van der Waals surface area contributed by atoms with Gasteiger partial charge in [-0.15, -0.1) is 0 Å². The van der Waals surface area contributed by atoms with E-state index < -0.39 is 0 Å². The first-order valence-electron chi connectivity index (χ1n) is 8.91. The number of aromatic amines is 1. The lowest BCUT2D eigenvalue weighted by atomic mass is 9.98. The molecule has 2 aromatic rings. The fraction of sp³-hybridized carbons (Fsp3) is 0.579. The molecule has 0 aliphatic carbocycles. The number of rotatable bonds is 4. The minimum Gasteiger partial charge on any atom is -0.490 e. The highest BCUT2D eigenvalue weighted by Crippen LogP contribution is 2.28. The van der Waals surface area contributed by atoms with E-state index in [4.69, 9.17) is 9.47 Å². The molecule has 0 radical (unpaired) electrons. The van der Waals surface area contributed by atoms with E-state index in [1.807, 2.05) is 6.20 Å². The molecule has 4 heteroatoms. The van der Waals surface area contributed by atoms with E-state index in [-0.39, 0.29) is 0 Å². The number of nitrogens with one attached hydrogen (secondary N) is 1. The molecule has 0 saturated carbocycles. The maximum Gasteiger partial charge on any atom is 0.129 e. The number of piperidine rings is 1. The summed E-state index contributed by atoms with van der Waals surface area (Å²) >= 11 is 0. The summed E-state index contributed by atoms with van der Waals surface area (Å²) in [7, 11) is 0. The zero-order valence-corrected chi connectivity index (χ0v) is 13.7. The van der Waals surface area contributed by atoms with Gasteiger partial charge < -0.3 is 19.4 Å². The minimum atomic E-state index is 0.349. The molecule has 2 saturated heterocycles. The number of hydrogen-bond acceptors (Lipinski definition) is 3. The summed E-state index contributed by atoms with van der Waals surface area (Å²) < 4.78 is 11.8. The van der Waals surface area contributed by atoms with Gasteiger partial charge in [0.15, 0.2) is 0 Å². The van der Waals surface area contributed by atoms with Crippen molar-refractivity contribution in [2.45, 2.75) is 31.8 Å². The molecule has 0 atom stereocenters. The van der Waals surface area contributed by atoms with Crippen molar-refractivity contribution in [3.8, 4) is 5.75 Å². The van der Waals surface area contributed by atoms with Crippen LogP contribution in [0.1, 0.15) is 25.7 Å². The van der Waals surface area contributed by atoms with E-state index in [2.05, 4.69) is 34.1 Å². The summed E-state index contributed by atoms with van der Waals surface area (Å²) in [5.74, 6) is 1.85. The average Bonchev–Trinajstić information content (AvgIpc) is 3.07. The lowest BCUT2D eigenvalue weighted by Crippen LogP contribution is -2.41. The Bertz CT molecular complexity index is 625. The predicted octanol–water partition coefficient (Wildman–Crippen LogP) is 3.44. The molecule has 1 N–H and O–H groups in total. The average molecular weight is 314 g/mol. The zero-order valence-electron chi connectivity index (χ0n) is 13.7. The van der Waals surface area contributed by atoms with E-state index in [0.717, 1.165) is 56.3 Å². The maximum absolute atomic E-state index is 6.30. The van der Waals surface area contributed by atoms with Gasteiger partial charge in [-0.3, -0.25) is 0 Å². The number of hydrogen-bond donors (Lipinski definition) is 1. The Morgan fingerprint density at radius 3 is 2.74 bits per heavy atom. The van der Waals surface area contributed by atoms with Crippen molar-refractivity contribution in [3.63, 3.8) is 0 Å². The van der Waals surface area contributed by atoms with Crippen molar-refractivity contribution in [1.29, 1.82) is 0 Å². The van der Waals surface area contributed by atoms with Crippen molar-refractivity contribution in [2.75, 3.05) is 32.8 Å². The molecule has 2 fully saturated rings. The summed E-state index contributed by atoms with van der Waals surface area (Å²) in [6.45, 7) is 5.45. The molecule has 2 aliphatic heterocycles. The zero-order chi connectivity index (χ0) is 15.5. The van der Waals surface area contributed by atoms with Crippen LogP contribution < -0.4 is 4.74 Å². The highest BCUT2D eigenvalue weighted by Gasteiger charge is 2.24. The monoisotopic (exact) mass is 314 g/mol. The van der Waals surface area contributed by atoms with Crippen molar-refractivity contribution in [3.05, 3.63) is 30.5 Å². The molecule has 1 aromatic heterocycles. The Morgan fingerprint density at radius 2 is 1.91 bits per heavy atom. The van der Waals surface area contributed by atoms with Gasteiger partial charge in [-0.2, -0.15) is 0 Å². The molecule has 0 bridgehead atoms. The Balaban J connectivity index is 1.30. The molecule has 3 heterocycles. The van der Waals surface area contributed by atoms with Gasteiger partial charge >= 0.3 is 0 Å². The smallest absolute Gasteiger partial charge is 0.129 e. The minimum absolute atomic E-state index is 0.349. The Hall–Kier alpha value is -1.52. The summed E-state index contributed by atoms with van der Waals surface area (Å²) in [4.78, 5) is 5.87. The van der Waals surface area contributed by atoms with Crippen LogP contribution >= 0.6 is 0 Å². The normalized spacial score (nSPS) is 21.7. The molecule has 0 spiro atoms. The van der Waals surface area contributed by atoms with Gasteiger partial charge in [0, 0.05) is 49.9 Å². The van der Waals surface area contributed by atoms with Gasteiger partial charge in [0.1, 0.15) is 11.9 Å². The van der Waals surface area contributed by atoms with Crippen molar-refractivity contribution >= 4 is 10.9 Å². The van der Waals surface area contributed by atoms with Gasteiger partial charge in [-0.05, 0) is 49.8 Å². The van der Waals surface area contributed by atoms with E-state index >= 15 is 0 Å². The van der Waals surface area contributed by atoms with Gasteiger partial charge in [0.25, 0.3) is 0 Å². The van der Waals surface area contributed by atoms with Crippen LogP contribution in [-0.2, 0) is 4.74 Å². The molecule has 124 valence electrons. The first-order chi connectivity index (χ1) is 11.4. The van der Waals surface area contributed by atoms with Crippen LogP contribution in [0.4, 0.5) is 0 Å². The van der Waals surface area contributed by atoms with Crippen LogP contribution in [0.15, 0.2) is 30.5 Å². The van der Waals surface area contributed by atoms with E-state index in [1.165, 1.54) is 24.8 Å². The fourth-order valence-electron chi connectivity index (χ4n) is 3.84. The van der Waals surface area contributed by atoms with Crippen LogP contribution in [-0.4, -0.2) is 48.8 Å². The van der Waals surface area contributed by atoms with Crippen LogP contribution in [0, 0.1) is 5.92 Å². The highest BCUT2D eigenvalue weighted by molar-refractivity contribution is 5.85. The molecular formula is C19H26N2O2. The lowest BCUT2D eigenvalue weighted by molar-refractivity contribution is 0.0391. The highest BCUT2D eigenvalue weighted by atomic mass is 16.5. The molecule has 23 heavy (non-hydrogen) atoms. The number of benzene rings is 1. The molecule has 0 amide bonds. The first kappa shape index (κ1) is 15.0. The SMILES string of the molecule is c1cc(OC2CCN(CC3CCOCC3)CC2)c2cc[nH]c2c1. The Labute approximate surface area is 137 Å². The third kappa shape index (κ3) is 3.54. The number of ether oxygens (including phenoxy) is 2. The molecule has 4 nitrogen and oxygen atoms in total. The van der Waals surface area contributed by atoms with Gasteiger partial charge in [0.05, 0.1) is 0 Å². The van der Waals surface area contributed by atoms with Crippen LogP contribution in [0.25, 0.3) is 10.9 Å². The maximum atomic E-state index is 6.30. The Kier molecular flexibility index (Phi) is 4.53. The molecule has 0 unspecified atom stereocenters. The van der Waals surface area contributed by atoms with Crippen LogP contribution in [0.5, 0.6) is 5.75 Å². The van der Waals surface area contributed by atoms with Crippen molar-refractivity contribution < 1.29 is 9.47 Å². The number of likely N-dealkylation sites (tertiary alicyclic amines) is 1. The predicted molar refractivity (Wildman–Crippen MR) is 91.9 cm³/mol. The molecule has 2 aliphatic rings. The second kappa shape index (κ2) is 6.93. The number of nitrogens with zero attached hydrogens (tertiary/aromatic N) is 1. The summed E-state index contributed by atoms with van der Waals surface area (Å²) in [5, 5.41) is 1.19. The van der Waals surface area contributed by atoms with Crippen molar-refractivity contribution in [1.82, 2.24) is 9.88 Å². The van der Waals surface area contributed by atoms with Gasteiger partial charge in [0.2, 0.25) is 0 Å². The number of aromatic nitrogens is 1. The standard InChI is InChI=1S/C19H26N2O2/c1-2-18-17(4-9-20-18)19(3-1)23-16-5-10-21(11-6-16)14-15-7-12-22-13-8-15/h1-4,9,15-16,20H,5-8,10-14H2. The fourth-order valence-corrected chi connectivity index (χ4v) is 3.84. The van der Waals surface area contributed by atoms with Crippen LogP contribution in [0.3, 0.4) is 0 Å². The molecule has 4 rings (SSSR count). The lowest BCUT2D eigenvalue weighted by Gasteiger charge is -2.35. The quantitative estimate of drug-likeness (QED) is 0.939. The van der Waals surface area contributed by atoms with Crippen molar-refractivity contribution in [2.24, 2.45) is 5.92 Å². The third-order valence-electron chi connectivity index (χ3n) is 5.24.